The molecule has 0 radical (unpaired) electrons. The average Bonchev–Trinajstić information content (AvgIpc) is 2.95. The lowest BCUT2D eigenvalue weighted by Crippen LogP contribution is -2.31. The van der Waals surface area contributed by atoms with E-state index in [4.69, 9.17) is 4.74 Å². The maximum atomic E-state index is 14.3. The van der Waals surface area contributed by atoms with Crippen LogP contribution in [0.3, 0.4) is 0 Å². The van der Waals surface area contributed by atoms with Crippen molar-refractivity contribution < 1.29 is 37.3 Å². The lowest BCUT2D eigenvalue weighted by molar-refractivity contribution is -0.157. The Kier molecular flexibility index (Phi) is 8.19. The molecule has 3 aliphatic rings. The predicted molar refractivity (Wildman–Crippen MR) is 138 cm³/mol. The first-order chi connectivity index (χ1) is 18.7. The Balaban J connectivity index is 1.07. The van der Waals surface area contributed by atoms with Crippen molar-refractivity contribution in [1.29, 1.82) is 0 Å². The Morgan fingerprint density at radius 3 is 2.00 bits per heavy atom. The number of aromatic hydroxyl groups is 2. The minimum Gasteiger partial charge on any atom is -0.505 e. The number of ether oxygens (including phenoxy) is 1. The van der Waals surface area contributed by atoms with Gasteiger partial charge in [-0.15, -0.1) is 0 Å². The van der Waals surface area contributed by atoms with E-state index in [1.165, 1.54) is 24.3 Å². The van der Waals surface area contributed by atoms with Crippen molar-refractivity contribution >= 4 is 11.5 Å². The number of carbonyl (C=O) groups excluding carboxylic acids is 1. The van der Waals surface area contributed by atoms with Gasteiger partial charge in [0, 0.05) is 5.56 Å². The maximum absolute atomic E-state index is 14.3. The highest BCUT2D eigenvalue weighted by Crippen LogP contribution is 2.43. The second-order valence-electron chi connectivity index (χ2n) is 11.3. The molecule has 1 unspecified atom stereocenters. The van der Waals surface area contributed by atoms with Gasteiger partial charge in [-0.1, -0.05) is 12.1 Å². The highest BCUT2D eigenvalue weighted by molar-refractivity contribution is 5.72. The molecule has 1 atom stereocenters. The number of halogens is 4. The van der Waals surface area contributed by atoms with Crippen LogP contribution in [0.1, 0.15) is 87.7 Å². The largest absolute Gasteiger partial charge is 0.505 e. The van der Waals surface area contributed by atoms with Gasteiger partial charge >= 0.3 is 5.97 Å². The maximum Gasteiger partial charge on any atom is 0.309 e. The molecule has 2 saturated carbocycles. The van der Waals surface area contributed by atoms with Crippen LogP contribution in [0.2, 0.25) is 0 Å². The van der Waals surface area contributed by atoms with E-state index < -0.39 is 34.8 Å². The summed E-state index contributed by atoms with van der Waals surface area (Å²) in [6, 6.07) is 5.20. The van der Waals surface area contributed by atoms with Crippen LogP contribution in [0.25, 0.3) is 5.57 Å². The molecule has 4 nitrogen and oxygen atoms in total. The SMILES string of the molecule is O=C(OC1CCC(C2CC=C(c3ccc(O)c(F)c3F)CC2)CC1)C1CCC(c2ccc(O)c(F)c2F)CC1. The summed E-state index contributed by atoms with van der Waals surface area (Å²) in [6.07, 6.45) is 9.96. The molecule has 0 heterocycles. The van der Waals surface area contributed by atoms with E-state index in [0.717, 1.165) is 44.1 Å². The number of phenolic OH excluding ortho intramolecular Hbond substituents is 2. The van der Waals surface area contributed by atoms with Gasteiger partial charge in [0.15, 0.2) is 23.1 Å². The summed E-state index contributed by atoms with van der Waals surface area (Å²) >= 11 is 0. The standard InChI is InChI=1S/C31H34F4O4/c32-27-23(13-15-25(36)29(27)34)19-3-1-17(2-4-19)18-9-11-22(12-10-18)39-31(38)21-7-5-20(6-8-21)24-14-16-26(37)30(35)28(24)33/h3,13-18,20-22,36-37H,1-2,4-12H2. The van der Waals surface area contributed by atoms with Crippen molar-refractivity contribution in [3.8, 4) is 11.5 Å². The van der Waals surface area contributed by atoms with Crippen LogP contribution in [0.5, 0.6) is 11.5 Å². The molecular weight excluding hydrogens is 512 g/mol. The van der Waals surface area contributed by atoms with Crippen molar-refractivity contribution in [2.24, 2.45) is 17.8 Å². The molecule has 5 rings (SSSR count). The zero-order chi connectivity index (χ0) is 27.7. The van der Waals surface area contributed by atoms with Crippen LogP contribution in [0, 0.1) is 41.0 Å². The van der Waals surface area contributed by atoms with Crippen LogP contribution < -0.4 is 0 Å². The first-order valence-corrected chi connectivity index (χ1v) is 14.0. The number of phenols is 2. The summed E-state index contributed by atoms with van der Waals surface area (Å²) in [7, 11) is 0. The van der Waals surface area contributed by atoms with Gasteiger partial charge in [0.2, 0.25) is 11.6 Å². The fraction of sp³-hybridized carbons (Fsp3) is 0.516. The minimum atomic E-state index is -1.23. The van der Waals surface area contributed by atoms with Crippen molar-refractivity contribution in [2.75, 3.05) is 0 Å². The molecule has 2 aromatic rings. The van der Waals surface area contributed by atoms with Gasteiger partial charge < -0.3 is 14.9 Å². The van der Waals surface area contributed by atoms with Crippen molar-refractivity contribution in [2.45, 2.75) is 82.7 Å². The molecular formula is C31H34F4O4. The number of hydrogen-bond donors (Lipinski definition) is 2. The van der Waals surface area contributed by atoms with Crippen LogP contribution in [0.4, 0.5) is 17.6 Å². The van der Waals surface area contributed by atoms with E-state index >= 15 is 0 Å². The number of benzene rings is 2. The van der Waals surface area contributed by atoms with Crippen molar-refractivity contribution in [3.63, 3.8) is 0 Å². The average molecular weight is 547 g/mol. The Labute approximate surface area is 225 Å². The summed E-state index contributed by atoms with van der Waals surface area (Å²) < 4.78 is 61.9. The number of rotatable bonds is 5. The van der Waals surface area contributed by atoms with Gasteiger partial charge in [-0.2, -0.15) is 8.78 Å². The Morgan fingerprint density at radius 1 is 0.718 bits per heavy atom. The molecule has 210 valence electrons. The molecule has 2 N–H and O–H groups in total. The topological polar surface area (TPSA) is 66.8 Å². The highest BCUT2D eigenvalue weighted by atomic mass is 19.2. The third-order valence-electron chi connectivity index (χ3n) is 9.12. The minimum absolute atomic E-state index is 0.112. The molecule has 2 fully saturated rings. The van der Waals surface area contributed by atoms with Gasteiger partial charge in [0.1, 0.15) is 6.10 Å². The monoisotopic (exact) mass is 546 g/mol. The first kappa shape index (κ1) is 27.5. The van der Waals surface area contributed by atoms with E-state index in [9.17, 15) is 32.6 Å². The van der Waals surface area contributed by atoms with Crippen molar-refractivity contribution in [1.82, 2.24) is 0 Å². The van der Waals surface area contributed by atoms with Gasteiger partial charge in [-0.05, 0) is 118 Å². The zero-order valence-corrected chi connectivity index (χ0v) is 21.8. The van der Waals surface area contributed by atoms with E-state index in [1.807, 2.05) is 6.08 Å². The normalized spacial score (nSPS) is 27.6. The molecule has 0 aromatic heterocycles. The van der Waals surface area contributed by atoms with Crippen molar-refractivity contribution in [3.05, 3.63) is 64.7 Å². The molecule has 0 aliphatic heterocycles. The smallest absolute Gasteiger partial charge is 0.309 e. The third-order valence-corrected chi connectivity index (χ3v) is 9.12. The number of esters is 1. The van der Waals surface area contributed by atoms with E-state index in [0.29, 0.717) is 43.9 Å². The Bertz CT molecular complexity index is 1240. The Morgan fingerprint density at radius 2 is 1.36 bits per heavy atom. The zero-order valence-electron chi connectivity index (χ0n) is 21.8. The summed E-state index contributed by atoms with van der Waals surface area (Å²) in [4.78, 5) is 12.8. The second-order valence-corrected chi connectivity index (χ2v) is 11.3. The second kappa shape index (κ2) is 11.6. The highest BCUT2D eigenvalue weighted by Gasteiger charge is 2.34. The van der Waals surface area contributed by atoms with Gasteiger partial charge in [0.05, 0.1) is 5.92 Å². The molecule has 0 saturated heterocycles. The summed E-state index contributed by atoms with van der Waals surface area (Å²) in [6.45, 7) is 0. The number of allylic oxidation sites excluding steroid dienone is 2. The molecule has 3 aliphatic carbocycles. The molecule has 0 bridgehead atoms. The van der Waals surface area contributed by atoms with Gasteiger partial charge in [0.25, 0.3) is 0 Å². The molecule has 0 spiro atoms. The van der Waals surface area contributed by atoms with Crippen LogP contribution >= 0.6 is 0 Å². The molecule has 8 heteroatoms. The summed E-state index contributed by atoms with van der Waals surface area (Å²) in [5, 5.41) is 18.7. The molecule has 0 amide bonds. The molecule has 2 aromatic carbocycles. The predicted octanol–water partition coefficient (Wildman–Crippen LogP) is 7.91. The Hall–Kier alpha value is -3.03. The number of carbonyl (C=O) groups is 1. The van der Waals surface area contributed by atoms with Crippen LogP contribution in [-0.4, -0.2) is 22.3 Å². The lowest BCUT2D eigenvalue weighted by atomic mass is 9.72. The first-order valence-electron chi connectivity index (χ1n) is 14.0. The van der Waals surface area contributed by atoms with E-state index in [1.54, 1.807) is 0 Å². The van der Waals surface area contributed by atoms with Gasteiger partial charge in [-0.3, -0.25) is 4.79 Å². The van der Waals surface area contributed by atoms with Gasteiger partial charge in [-0.25, -0.2) is 8.78 Å². The van der Waals surface area contributed by atoms with Crippen LogP contribution in [0.15, 0.2) is 30.3 Å². The summed E-state index contributed by atoms with van der Waals surface area (Å²) in [5.74, 6) is -5.51. The molecule has 39 heavy (non-hydrogen) atoms. The van der Waals surface area contributed by atoms with E-state index in [2.05, 4.69) is 0 Å². The third kappa shape index (κ3) is 5.80. The number of hydrogen-bond acceptors (Lipinski definition) is 4. The lowest BCUT2D eigenvalue weighted by Gasteiger charge is -2.36. The van der Waals surface area contributed by atoms with E-state index in [-0.39, 0.29) is 35.0 Å². The summed E-state index contributed by atoms with van der Waals surface area (Å²) in [5.41, 5.74) is 1.24. The fourth-order valence-electron chi connectivity index (χ4n) is 6.76. The van der Waals surface area contributed by atoms with Crippen LogP contribution in [-0.2, 0) is 9.53 Å². The quantitative estimate of drug-likeness (QED) is 0.295. The fourth-order valence-corrected chi connectivity index (χ4v) is 6.76.